The van der Waals surface area contributed by atoms with Gasteiger partial charge < -0.3 is 10.6 Å². The SMILES string of the molecule is CC(C)(C)n1ncc2c(=O)[nH]c(N3CCCC(CCC(N)=O)C3)nc21. The number of nitrogens with one attached hydrogen (secondary N) is 1. The molecule has 1 fully saturated rings. The van der Waals surface area contributed by atoms with Crippen LogP contribution in [-0.4, -0.2) is 38.7 Å². The van der Waals surface area contributed by atoms with Crippen molar-refractivity contribution in [3.8, 4) is 0 Å². The van der Waals surface area contributed by atoms with Crippen molar-refractivity contribution < 1.29 is 4.79 Å². The number of hydrogen-bond acceptors (Lipinski definition) is 5. The van der Waals surface area contributed by atoms with E-state index in [9.17, 15) is 9.59 Å². The van der Waals surface area contributed by atoms with E-state index < -0.39 is 0 Å². The van der Waals surface area contributed by atoms with Gasteiger partial charge in [-0.1, -0.05) is 0 Å². The molecule has 0 aromatic carbocycles. The summed E-state index contributed by atoms with van der Waals surface area (Å²) in [5, 5.41) is 4.84. The highest BCUT2D eigenvalue weighted by Crippen LogP contribution is 2.25. The average Bonchev–Trinajstić information content (AvgIpc) is 2.98. The van der Waals surface area contributed by atoms with Crippen LogP contribution in [0.5, 0.6) is 0 Å². The molecule has 8 heteroatoms. The first-order chi connectivity index (χ1) is 11.8. The number of aromatic amines is 1. The van der Waals surface area contributed by atoms with Crippen LogP contribution in [0.2, 0.25) is 0 Å². The molecule has 1 amide bonds. The molecule has 136 valence electrons. The van der Waals surface area contributed by atoms with Crippen molar-refractivity contribution in [2.45, 2.75) is 52.0 Å². The van der Waals surface area contributed by atoms with Gasteiger partial charge in [-0.25, -0.2) is 4.68 Å². The Morgan fingerprint density at radius 1 is 1.44 bits per heavy atom. The summed E-state index contributed by atoms with van der Waals surface area (Å²) in [6, 6.07) is 0. The molecule has 1 unspecified atom stereocenters. The number of nitrogens with two attached hydrogens (primary N) is 1. The lowest BCUT2D eigenvalue weighted by Gasteiger charge is -2.33. The fraction of sp³-hybridized carbons (Fsp3) is 0.647. The van der Waals surface area contributed by atoms with E-state index >= 15 is 0 Å². The van der Waals surface area contributed by atoms with Crippen molar-refractivity contribution in [2.24, 2.45) is 11.7 Å². The minimum atomic E-state index is -0.265. The molecule has 3 rings (SSSR count). The molecule has 3 N–H and O–H groups in total. The molecule has 1 aliphatic rings. The predicted octanol–water partition coefficient (Wildman–Crippen LogP) is 1.36. The minimum absolute atomic E-state index is 0.172. The van der Waals surface area contributed by atoms with E-state index in [2.05, 4.69) is 15.0 Å². The Labute approximate surface area is 146 Å². The monoisotopic (exact) mass is 346 g/mol. The lowest BCUT2D eigenvalue weighted by atomic mass is 9.93. The molecular formula is C17H26N6O2. The number of aromatic nitrogens is 4. The van der Waals surface area contributed by atoms with Gasteiger partial charge in [0.15, 0.2) is 5.65 Å². The van der Waals surface area contributed by atoms with Crippen molar-refractivity contribution >= 4 is 22.9 Å². The summed E-state index contributed by atoms with van der Waals surface area (Å²) < 4.78 is 1.79. The number of carbonyl (C=O) groups is 1. The van der Waals surface area contributed by atoms with Gasteiger partial charge in [-0.2, -0.15) is 10.1 Å². The van der Waals surface area contributed by atoms with Gasteiger partial charge in [-0.3, -0.25) is 14.6 Å². The maximum absolute atomic E-state index is 12.4. The van der Waals surface area contributed by atoms with E-state index in [0.29, 0.717) is 29.3 Å². The Hall–Kier alpha value is -2.38. The second kappa shape index (κ2) is 6.50. The van der Waals surface area contributed by atoms with E-state index in [0.717, 1.165) is 32.4 Å². The Kier molecular flexibility index (Phi) is 4.53. The quantitative estimate of drug-likeness (QED) is 0.868. The fourth-order valence-corrected chi connectivity index (χ4v) is 3.39. The number of nitrogens with zero attached hydrogens (tertiary/aromatic N) is 4. The molecule has 0 bridgehead atoms. The van der Waals surface area contributed by atoms with Gasteiger partial charge in [0.05, 0.1) is 11.7 Å². The van der Waals surface area contributed by atoms with Crippen LogP contribution in [0.3, 0.4) is 0 Å². The molecule has 0 radical (unpaired) electrons. The molecule has 25 heavy (non-hydrogen) atoms. The van der Waals surface area contributed by atoms with Gasteiger partial charge in [0.1, 0.15) is 5.39 Å². The molecule has 1 saturated heterocycles. The van der Waals surface area contributed by atoms with Gasteiger partial charge in [0.2, 0.25) is 11.9 Å². The fourth-order valence-electron chi connectivity index (χ4n) is 3.39. The maximum atomic E-state index is 12.4. The molecule has 1 atom stereocenters. The number of primary amides is 1. The normalized spacial score (nSPS) is 18.7. The first-order valence-electron chi connectivity index (χ1n) is 8.77. The van der Waals surface area contributed by atoms with Crippen molar-refractivity contribution in [1.29, 1.82) is 0 Å². The van der Waals surface area contributed by atoms with Crippen LogP contribution in [-0.2, 0) is 10.3 Å². The van der Waals surface area contributed by atoms with Crippen LogP contribution in [0.15, 0.2) is 11.0 Å². The number of amides is 1. The number of H-pyrrole nitrogens is 1. The summed E-state index contributed by atoms with van der Waals surface area (Å²) in [6.07, 6.45) is 4.82. The average molecular weight is 346 g/mol. The van der Waals surface area contributed by atoms with Crippen molar-refractivity contribution in [1.82, 2.24) is 19.7 Å². The van der Waals surface area contributed by atoms with Crippen molar-refractivity contribution in [2.75, 3.05) is 18.0 Å². The zero-order valence-corrected chi connectivity index (χ0v) is 15.1. The van der Waals surface area contributed by atoms with Crippen LogP contribution in [0, 0.1) is 5.92 Å². The minimum Gasteiger partial charge on any atom is -0.370 e. The molecule has 0 saturated carbocycles. The summed E-state index contributed by atoms with van der Waals surface area (Å²) in [4.78, 5) is 33.1. The Balaban J connectivity index is 1.90. The van der Waals surface area contributed by atoms with Crippen LogP contribution >= 0.6 is 0 Å². The number of fused-ring (bicyclic) bond motifs is 1. The highest BCUT2D eigenvalue weighted by atomic mass is 16.1. The van der Waals surface area contributed by atoms with E-state index in [4.69, 9.17) is 10.7 Å². The second-order valence-electron chi connectivity index (χ2n) is 7.81. The van der Waals surface area contributed by atoms with Crippen LogP contribution in [0.1, 0.15) is 46.5 Å². The highest BCUT2D eigenvalue weighted by Gasteiger charge is 2.24. The Morgan fingerprint density at radius 3 is 2.88 bits per heavy atom. The first-order valence-corrected chi connectivity index (χ1v) is 8.77. The molecule has 3 heterocycles. The summed E-state index contributed by atoms with van der Waals surface area (Å²) in [5.41, 5.74) is 5.43. The lowest BCUT2D eigenvalue weighted by Crippen LogP contribution is -2.38. The molecular weight excluding hydrogens is 320 g/mol. The molecule has 0 spiro atoms. The summed E-state index contributed by atoms with van der Waals surface area (Å²) >= 11 is 0. The van der Waals surface area contributed by atoms with Crippen molar-refractivity contribution in [3.63, 3.8) is 0 Å². The predicted molar refractivity (Wildman–Crippen MR) is 96.5 cm³/mol. The van der Waals surface area contributed by atoms with Gasteiger partial charge in [-0.15, -0.1) is 0 Å². The Morgan fingerprint density at radius 2 is 2.20 bits per heavy atom. The summed E-state index contributed by atoms with van der Waals surface area (Å²) in [7, 11) is 0. The van der Waals surface area contributed by atoms with Gasteiger partial charge >= 0.3 is 0 Å². The third-order valence-electron chi connectivity index (χ3n) is 4.68. The molecule has 8 nitrogen and oxygen atoms in total. The summed E-state index contributed by atoms with van der Waals surface area (Å²) in [6.45, 7) is 7.70. The third kappa shape index (κ3) is 3.67. The highest BCUT2D eigenvalue weighted by molar-refractivity contribution is 5.75. The number of anilines is 1. The van der Waals surface area contributed by atoms with E-state index in [1.54, 1.807) is 10.9 Å². The molecule has 2 aromatic rings. The standard InChI is InChI=1S/C17H26N6O2/c1-17(2,3)23-14-12(9-19-23)15(25)21-16(20-14)22-8-4-5-11(10-22)6-7-13(18)24/h9,11H,4-8,10H2,1-3H3,(H2,18,24)(H,20,21,25). The number of rotatable bonds is 4. The number of piperidine rings is 1. The van der Waals surface area contributed by atoms with Crippen LogP contribution in [0.25, 0.3) is 11.0 Å². The van der Waals surface area contributed by atoms with Crippen LogP contribution < -0.4 is 16.2 Å². The van der Waals surface area contributed by atoms with Crippen LogP contribution in [0.4, 0.5) is 5.95 Å². The van der Waals surface area contributed by atoms with Gasteiger partial charge in [0.25, 0.3) is 5.56 Å². The smallest absolute Gasteiger partial charge is 0.263 e. The Bertz CT molecular complexity index is 832. The van der Waals surface area contributed by atoms with E-state index in [-0.39, 0.29) is 17.0 Å². The van der Waals surface area contributed by atoms with Crippen molar-refractivity contribution in [3.05, 3.63) is 16.6 Å². The molecule has 2 aromatic heterocycles. The zero-order chi connectivity index (χ0) is 18.2. The van der Waals surface area contributed by atoms with Gasteiger partial charge in [0, 0.05) is 19.5 Å². The zero-order valence-electron chi connectivity index (χ0n) is 15.1. The first kappa shape index (κ1) is 17.4. The lowest BCUT2D eigenvalue weighted by molar-refractivity contribution is -0.118. The van der Waals surface area contributed by atoms with E-state index in [1.165, 1.54) is 0 Å². The van der Waals surface area contributed by atoms with E-state index in [1.807, 2.05) is 20.8 Å². The second-order valence-corrected chi connectivity index (χ2v) is 7.81. The largest absolute Gasteiger partial charge is 0.370 e. The topological polar surface area (TPSA) is 110 Å². The van der Waals surface area contributed by atoms with Gasteiger partial charge in [-0.05, 0) is 46.0 Å². The number of hydrogen-bond donors (Lipinski definition) is 2. The maximum Gasteiger partial charge on any atom is 0.263 e. The third-order valence-corrected chi connectivity index (χ3v) is 4.68. The molecule has 1 aliphatic heterocycles. The molecule has 0 aliphatic carbocycles. The summed E-state index contributed by atoms with van der Waals surface area (Å²) in [5.74, 6) is 0.696. The number of carbonyl (C=O) groups excluding carboxylic acids is 1.